The highest BCUT2D eigenvalue weighted by Crippen LogP contribution is 2.32. The zero-order valence-electron chi connectivity index (χ0n) is 35.7. The minimum absolute atomic E-state index is 0.0184. The van der Waals surface area contributed by atoms with Gasteiger partial charge in [-0.3, -0.25) is 0 Å². The predicted molar refractivity (Wildman–Crippen MR) is 234 cm³/mol. The number of rotatable bonds is 26. The molecule has 0 spiro atoms. The van der Waals surface area contributed by atoms with Crippen molar-refractivity contribution in [1.29, 1.82) is 0 Å². The van der Waals surface area contributed by atoms with Gasteiger partial charge in [0.15, 0.2) is 24.6 Å². The summed E-state index contributed by atoms with van der Waals surface area (Å²) in [5.41, 5.74) is 10.2. The Labute approximate surface area is 368 Å². The van der Waals surface area contributed by atoms with Crippen LogP contribution in [0.1, 0.15) is 113 Å². The normalized spacial score (nSPS) is 18.6. The zero-order valence-corrected chi connectivity index (χ0v) is 35.7. The summed E-state index contributed by atoms with van der Waals surface area (Å²) in [6, 6.07) is 31.7. The minimum atomic E-state index is -1.59. The van der Waals surface area contributed by atoms with Gasteiger partial charge in [0.2, 0.25) is 0 Å². The first kappa shape index (κ1) is 48.0. The maximum atomic E-state index is 13.9. The smallest absolute Gasteiger partial charge is 0.338 e. The number of unbranched alkanes of at least 4 members (excludes halogenated alkanes) is 9. The van der Waals surface area contributed by atoms with E-state index >= 15 is 0 Å². The van der Waals surface area contributed by atoms with Crippen molar-refractivity contribution >= 4 is 23.9 Å². The van der Waals surface area contributed by atoms with Crippen molar-refractivity contribution in [1.82, 2.24) is 0 Å². The van der Waals surface area contributed by atoms with E-state index in [1.807, 2.05) is 0 Å². The number of azide groups is 1. The molecular formula is C49H57N3O11. The second-order valence-corrected chi connectivity index (χ2v) is 15.2. The summed E-state index contributed by atoms with van der Waals surface area (Å²) in [7, 11) is 0. The van der Waals surface area contributed by atoms with Crippen LogP contribution in [0.25, 0.3) is 10.4 Å². The molecule has 14 nitrogen and oxygen atoms in total. The van der Waals surface area contributed by atoms with Crippen LogP contribution in [0.4, 0.5) is 0 Å². The van der Waals surface area contributed by atoms with Crippen molar-refractivity contribution in [3.05, 3.63) is 154 Å². The molecule has 0 N–H and O–H groups in total. The van der Waals surface area contributed by atoms with Crippen LogP contribution in [0.3, 0.4) is 0 Å². The van der Waals surface area contributed by atoms with Gasteiger partial charge in [-0.25, -0.2) is 19.2 Å². The highest BCUT2D eigenvalue weighted by Gasteiger charge is 2.54. The summed E-state index contributed by atoms with van der Waals surface area (Å²) in [6.07, 6.45) is 4.14. The fourth-order valence-corrected chi connectivity index (χ4v) is 6.97. The number of ether oxygens (including phenoxy) is 7. The Morgan fingerprint density at radius 1 is 0.571 bits per heavy atom. The van der Waals surface area contributed by atoms with Crippen molar-refractivity contribution in [3.63, 3.8) is 0 Å². The lowest BCUT2D eigenvalue weighted by atomic mass is 9.97. The third-order valence-electron chi connectivity index (χ3n) is 10.4. The van der Waals surface area contributed by atoms with Gasteiger partial charge in [-0.1, -0.05) is 143 Å². The van der Waals surface area contributed by atoms with Crippen LogP contribution in [-0.2, 0) is 33.2 Å². The third-order valence-corrected chi connectivity index (χ3v) is 10.4. The van der Waals surface area contributed by atoms with Crippen molar-refractivity contribution in [3.8, 4) is 0 Å². The Bertz CT molecular complexity index is 2020. The lowest BCUT2D eigenvalue weighted by Crippen LogP contribution is -2.63. The van der Waals surface area contributed by atoms with Gasteiger partial charge < -0.3 is 33.2 Å². The fourth-order valence-electron chi connectivity index (χ4n) is 6.97. The molecular weight excluding hydrogens is 807 g/mol. The Hall–Kier alpha value is -6.05. The molecule has 334 valence electrons. The molecule has 14 heteroatoms. The number of benzene rings is 4. The van der Waals surface area contributed by atoms with E-state index in [-0.39, 0.29) is 35.5 Å². The summed E-state index contributed by atoms with van der Waals surface area (Å²) in [6.45, 7) is 1.89. The monoisotopic (exact) mass is 863 g/mol. The van der Waals surface area contributed by atoms with Crippen LogP contribution in [0.5, 0.6) is 0 Å². The van der Waals surface area contributed by atoms with Gasteiger partial charge in [0.1, 0.15) is 12.7 Å². The quantitative estimate of drug-likeness (QED) is 0.0146. The molecule has 0 unspecified atom stereocenters. The zero-order chi connectivity index (χ0) is 44.5. The maximum Gasteiger partial charge on any atom is 0.338 e. The SMILES string of the molecule is CCCCCCCCCCCCOC[C@H](CO[C@@H]1O[C@H](COC(=O)c2ccccc2)[C@H](OC(=O)c2ccccc2)[C@H](OC(=O)c2ccccc2)[C@H]1OC(=O)c1ccccc1)N=[N+]=[N-]. The largest absolute Gasteiger partial charge is 0.459 e. The first-order valence-electron chi connectivity index (χ1n) is 21.8. The van der Waals surface area contributed by atoms with Crippen LogP contribution in [0.15, 0.2) is 126 Å². The molecule has 5 rings (SSSR count). The molecule has 1 heterocycles. The average Bonchev–Trinajstić information content (AvgIpc) is 3.32. The Kier molecular flexibility index (Phi) is 20.6. The highest BCUT2D eigenvalue weighted by atomic mass is 16.7. The molecule has 1 fully saturated rings. The van der Waals surface area contributed by atoms with Gasteiger partial charge in [0.05, 0.1) is 41.5 Å². The number of hydrogen-bond acceptors (Lipinski definition) is 12. The van der Waals surface area contributed by atoms with E-state index in [2.05, 4.69) is 16.9 Å². The standard InChI is InChI=1S/C49H57N3O11/c1-2-3-4-5-6-7-8-9-10-23-32-57-33-40(51-52-50)34-59-49-44(63-48(56)39-30-21-14-22-31-39)43(62-47(55)38-28-19-13-20-29-38)42(61-46(54)37-26-17-12-18-27-37)41(60-49)35-58-45(53)36-24-15-11-16-25-36/h11-22,24-31,40-44,49H,2-10,23,32-35H2,1H3/t40-,41-,42+,43+,44-,49-/m1/s1. The number of carbonyl (C=O) groups excluding carboxylic acids is 4. The van der Waals surface area contributed by atoms with Gasteiger partial charge in [0, 0.05) is 11.5 Å². The second-order valence-electron chi connectivity index (χ2n) is 15.2. The van der Waals surface area contributed by atoms with Crippen molar-refractivity contribution in [2.45, 2.75) is 108 Å². The Morgan fingerprint density at radius 2 is 1.00 bits per heavy atom. The van der Waals surface area contributed by atoms with E-state index < -0.39 is 67.2 Å². The van der Waals surface area contributed by atoms with Crippen LogP contribution < -0.4 is 0 Å². The third kappa shape index (κ3) is 16.0. The predicted octanol–water partition coefficient (Wildman–Crippen LogP) is 9.88. The summed E-state index contributed by atoms with van der Waals surface area (Å²) in [5, 5.41) is 3.88. The van der Waals surface area contributed by atoms with Crippen molar-refractivity contribution in [2.24, 2.45) is 5.11 Å². The van der Waals surface area contributed by atoms with Crippen molar-refractivity contribution < 1.29 is 52.3 Å². The number of nitrogens with zero attached hydrogens (tertiary/aromatic N) is 3. The summed E-state index contributed by atoms with van der Waals surface area (Å²) in [4.78, 5) is 57.7. The Morgan fingerprint density at radius 3 is 1.48 bits per heavy atom. The van der Waals surface area contributed by atoms with E-state index in [1.54, 1.807) is 84.9 Å². The molecule has 1 aliphatic heterocycles. The van der Waals surface area contributed by atoms with Crippen LogP contribution in [-0.4, -0.2) is 87.1 Å². The van der Waals surface area contributed by atoms with E-state index in [0.29, 0.717) is 6.61 Å². The van der Waals surface area contributed by atoms with Crippen LogP contribution in [0.2, 0.25) is 0 Å². The molecule has 1 saturated heterocycles. The average molecular weight is 864 g/mol. The van der Waals surface area contributed by atoms with E-state index in [4.69, 9.17) is 33.2 Å². The minimum Gasteiger partial charge on any atom is -0.459 e. The van der Waals surface area contributed by atoms with Crippen molar-refractivity contribution in [2.75, 3.05) is 26.4 Å². The topological polar surface area (TPSA) is 182 Å². The van der Waals surface area contributed by atoms with Crippen LogP contribution in [0, 0.1) is 0 Å². The van der Waals surface area contributed by atoms with E-state index in [9.17, 15) is 24.7 Å². The van der Waals surface area contributed by atoms with Gasteiger partial charge in [-0.2, -0.15) is 0 Å². The number of esters is 4. The molecule has 1 aliphatic rings. The van der Waals surface area contributed by atoms with Gasteiger partial charge in [0.25, 0.3) is 0 Å². The molecule has 4 aromatic rings. The molecule has 0 aliphatic carbocycles. The molecule has 63 heavy (non-hydrogen) atoms. The fraction of sp³-hybridized carbons (Fsp3) is 0.429. The van der Waals surface area contributed by atoms with Gasteiger partial charge in [-0.15, -0.1) is 0 Å². The molecule has 0 amide bonds. The first-order chi connectivity index (χ1) is 30.9. The summed E-state index contributed by atoms with van der Waals surface area (Å²) >= 11 is 0. The molecule has 0 radical (unpaired) electrons. The number of hydrogen-bond donors (Lipinski definition) is 0. The molecule has 6 atom stereocenters. The molecule has 0 bridgehead atoms. The first-order valence-corrected chi connectivity index (χ1v) is 21.8. The lowest BCUT2D eigenvalue weighted by Gasteiger charge is -2.44. The summed E-state index contributed by atoms with van der Waals surface area (Å²) in [5.74, 6) is -3.19. The van der Waals surface area contributed by atoms with E-state index in [0.717, 1.165) is 19.3 Å². The Balaban J connectivity index is 1.39. The van der Waals surface area contributed by atoms with Crippen LogP contribution >= 0.6 is 0 Å². The summed E-state index contributed by atoms with van der Waals surface area (Å²) < 4.78 is 42.6. The van der Waals surface area contributed by atoms with Gasteiger partial charge >= 0.3 is 23.9 Å². The number of carbonyl (C=O) groups is 4. The molecule has 4 aromatic carbocycles. The maximum absolute atomic E-state index is 13.9. The molecule has 0 aromatic heterocycles. The van der Waals surface area contributed by atoms with Gasteiger partial charge in [-0.05, 0) is 60.5 Å². The van der Waals surface area contributed by atoms with E-state index in [1.165, 1.54) is 81.3 Å². The second kappa shape index (κ2) is 27.1. The highest BCUT2D eigenvalue weighted by molar-refractivity contribution is 5.91. The molecule has 0 saturated carbocycles. The lowest BCUT2D eigenvalue weighted by molar-refractivity contribution is -0.299.